The SMILES string of the molecule is COc1c(C#N)c(N)nc2ccccc12. The number of nitrogen functional groups attached to an aromatic ring is 1. The zero-order valence-electron chi connectivity index (χ0n) is 8.19. The predicted octanol–water partition coefficient (Wildman–Crippen LogP) is 1.70. The quantitative estimate of drug-likeness (QED) is 0.758. The number of para-hydroxylation sites is 1. The van der Waals surface area contributed by atoms with Crippen molar-refractivity contribution in [3.63, 3.8) is 0 Å². The molecule has 1 aromatic carbocycles. The molecular weight excluding hydrogens is 190 g/mol. The third-order valence-corrected chi connectivity index (χ3v) is 2.19. The standard InChI is InChI=1S/C11H9N3O/c1-15-10-7-4-2-3-5-9(7)14-11(13)8(10)6-12/h2-5H,1H3,(H2,13,14). The maximum atomic E-state index is 8.94. The van der Waals surface area contributed by atoms with Crippen molar-refractivity contribution in [3.05, 3.63) is 29.8 Å². The maximum Gasteiger partial charge on any atom is 0.149 e. The lowest BCUT2D eigenvalue weighted by atomic mass is 10.1. The number of methoxy groups -OCH3 is 1. The molecule has 0 amide bonds. The predicted molar refractivity (Wildman–Crippen MR) is 57.4 cm³/mol. The molecule has 0 unspecified atom stereocenters. The molecule has 0 aliphatic heterocycles. The minimum Gasteiger partial charge on any atom is -0.495 e. The third kappa shape index (κ3) is 1.34. The van der Waals surface area contributed by atoms with Crippen molar-refractivity contribution in [2.24, 2.45) is 0 Å². The number of fused-ring (bicyclic) bond motifs is 1. The number of nitrogens with zero attached hydrogens (tertiary/aromatic N) is 2. The van der Waals surface area contributed by atoms with E-state index in [2.05, 4.69) is 4.98 Å². The molecule has 0 radical (unpaired) electrons. The van der Waals surface area contributed by atoms with Crippen molar-refractivity contribution in [2.75, 3.05) is 12.8 Å². The monoisotopic (exact) mass is 199 g/mol. The van der Waals surface area contributed by atoms with Gasteiger partial charge in [-0.25, -0.2) is 4.98 Å². The summed E-state index contributed by atoms with van der Waals surface area (Å²) >= 11 is 0. The van der Waals surface area contributed by atoms with E-state index in [0.717, 1.165) is 10.9 Å². The van der Waals surface area contributed by atoms with Crippen LogP contribution in [0, 0.1) is 11.3 Å². The molecule has 4 nitrogen and oxygen atoms in total. The number of ether oxygens (including phenoxy) is 1. The first-order valence-corrected chi connectivity index (χ1v) is 4.40. The zero-order valence-corrected chi connectivity index (χ0v) is 8.19. The lowest BCUT2D eigenvalue weighted by Crippen LogP contribution is -1.99. The van der Waals surface area contributed by atoms with Crippen molar-refractivity contribution in [3.8, 4) is 11.8 Å². The van der Waals surface area contributed by atoms with Crippen LogP contribution in [-0.2, 0) is 0 Å². The van der Waals surface area contributed by atoms with Gasteiger partial charge in [0.2, 0.25) is 0 Å². The molecule has 0 saturated heterocycles. The Morgan fingerprint density at radius 3 is 2.80 bits per heavy atom. The van der Waals surface area contributed by atoms with Crippen LogP contribution in [0.3, 0.4) is 0 Å². The molecule has 0 spiro atoms. The summed E-state index contributed by atoms with van der Waals surface area (Å²) in [6.07, 6.45) is 0. The van der Waals surface area contributed by atoms with Crippen LogP contribution in [0.15, 0.2) is 24.3 Å². The molecule has 74 valence electrons. The number of benzene rings is 1. The second-order valence-electron chi connectivity index (χ2n) is 3.03. The normalized spacial score (nSPS) is 9.87. The van der Waals surface area contributed by atoms with Gasteiger partial charge in [-0.2, -0.15) is 5.26 Å². The highest BCUT2D eigenvalue weighted by atomic mass is 16.5. The second-order valence-corrected chi connectivity index (χ2v) is 3.03. The van der Waals surface area contributed by atoms with E-state index in [-0.39, 0.29) is 11.4 Å². The van der Waals surface area contributed by atoms with E-state index in [1.165, 1.54) is 7.11 Å². The molecule has 0 atom stereocenters. The summed E-state index contributed by atoms with van der Waals surface area (Å²) in [7, 11) is 1.52. The number of nitrogens with two attached hydrogens (primary N) is 1. The van der Waals surface area contributed by atoms with Crippen molar-refractivity contribution >= 4 is 16.7 Å². The van der Waals surface area contributed by atoms with E-state index in [4.69, 9.17) is 15.7 Å². The van der Waals surface area contributed by atoms with Gasteiger partial charge in [-0.15, -0.1) is 0 Å². The summed E-state index contributed by atoms with van der Waals surface area (Å²) in [5.74, 6) is 0.689. The maximum absolute atomic E-state index is 8.94. The average Bonchev–Trinajstić information content (AvgIpc) is 2.27. The number of rotatable bonds is 1. The molecule has 0 saturated carbocycles. The Hall–Kier alpha value is -2.28. The van der Waals surface area contributed by atoms with Crippen molar-refractivity contribution in [2.45, 2.75) is 0 Å². The number of hydrogen-bond acceptors (Lipinski definition) is 4. The fourth-order valence-electron chi connectivity index (χ4n) is 1.52. The van der Waals surface area contributed by atoms with Crippen LogP contribution in [0.25, 0.3) is 10.9 Å². The van der Waals surface area contributed by atoms with E-state index in [0.29, 0.717) is 5.75 Å². The fraction of sp³-hybridized carbons (Fsp3) is 0.0909. The first-order chi connectivity index (χ1) is 7.27. The van der Waals surface area contributed by atoms with Crippen LogP contribution >= 0.6 is 0 Å². The highest BCUT2D eigenvalue weighted by Gasteiger charge is 2.12. The summed E-state index contributed by atoms with van der Waals surface area (Å²) < 4.78 is 5.19. The van der Waals surface area contributed by atoms with Gasteiger partial charge in [-0.3, -0.25) is 0 Å². The lowest BCUT2D eigenvalue weighted by Gasteiger charge is -2.08. The minimum absolute atomic E-state index is 0.202. The molecule has 0 aliphatic carbocycles. The van der Waals surface area contributed by atoms with Crippen LogP contribution in [0.5, 0.6) is 5.75 Å². The average molecular weight is 199 g/mol. The Balaban J connectivity index is 2.92. The van der Waals surface area contributed by atoms with Crippen molar-refractivity contribution in [1.29, 1.82) is 5.26 Å². The van der Waals surface area contributed by atoms with E-state index in [1.54, 1.807) is 0 Å². The van der Waals surface area contributed by atoms with Gasteiger partial charge in [0.15, 0.2) is 0 Å². The van der Waals surface area contributed by atoms with E-state index in [1.807, 2.05) is 30.3 Å². The fourth-order valence-corrected chi connectivity index (χ4v) is 1.52. The summed E-state index contributed by atoms with van der Waals surface area (Å²) in [5.41, 5.74) is 6.68. The third-order valence-electron chi connectivity index (χ3n) is 2.19. The highest BCUT2D eigenvalue weighted by Crippen LogP contribution is 2.30. The molecule has 1 aromatic heterocycles. The van der Waals surface area contributed by atoms with Crippen LogP contribution in [-0.4, -0.2) is 12.1 Å². The molecule has 15 heavy (non-hydrogen) atoms. The van der Waals surface area contributed by atoms with E-state index >= 15 is 0 Å². The number of anilines is 1. The second kappa shape index (κ2) is 3.46. The van der Waals surface area contributed by atoms with E-state index < -0.39 is 0 Å². The molecule has 1 heterocycles. The number of nitriles is 1. The number of aromatic nitrogens is 1. The Morgan fingerprint density at radius 1 is 1.40 bits per heavy atom. The first-order valence-electron chi connectivity index (χ1n) is 4.40. The first kappa shape index (κ1) is 9.28. The van der Waals surface area contributed by atoms with Crippen molar-refractivity contribution in [1.82, 2.24) is 4.98 Å². The largest absolute Gasteiger partial charge is 0.495 e. The summed E-state index contributed by atoms with van der Waals surface area (Å²) in [5, 5.41) is 9.74. The molecule has 2 N–H and O–H groups in total. The van der Waals surface area contributed by atoms with Crippen LogP contribution in [0.1, 0.15) is 5.56 Å². The van der Waals surface area contributed by atoms with Gasteiger partial charge in [-0.1, -0.05) is 12.1 Å². The summed E-state index contributed by atoms with van der Waals surface area (Å²) in [6, 6.07) is 9.40. The van der Waals surface area contributed by atoms with E-state index in [9.17, 15) is 0 Å². The number of pyridine rings is 1. The number of hydrogen-bond donors (Lipinski definition) is 1. The Kier molecular flexibility index (Phi) is 2.14. The smallest absolute Gasteiger partial charge is 0.149 e. The molecule has 0 aliphatic rings. The van der Waals surface area contributed by atoms with Gasteiger partial charge in [0, 0.05) is 5.39 Å². The molecule has 0 fully saturated rings. The van der Waals surface area contributed by atoms with Crippen molar-refractivity contribution < 1.29 is 4.74 Å². The summed E-state index contributed by atoms with van der Waals surface area (Å²) in [4.78, 5) is 4.13. The Labute approximate surface area is 86.9 Å². The molecular formula is C11H9N3O. The van der Waals surface area contributed by atoms with Gasteiger partial charge in [0.1, 0.15) is 23.2 Å². The highest BCUT2D eigenvalue weighted by molar-refractivity contribution is 5.90. The van der Waals surface area contributed by atoms with Crippen LogP contribution in [0.4, 0.5) is 5.82 Å². The minimum atomic E-state index is 0.202. The van der Waals surface area contributed by atoms with Gasteiger partial charge < -0.3 is 10.5 Å². The molecule has 2 rings (SSSR count). The van der Waals surface area contributed by atoms with Gasteiger partial charge in [0.05, 0.1) is 12.6 Å². The Bertz CT molecular complexity index is 557. The zero-order chi connectivity index (χ0) is 10.8. The van der Waals surface area contributed by atoms with Gasteiger partial charge in [0.25, 0.3) is 0 Å². The lowest BCUT2D eigenvalue weighted by molar-refractivity contribution is 0.418. The Morgan fingerprint density at radius 2 is 2.13 bits per heavy atom. The topological polar surface area (TPSA) is 71.9 Å². The molecule has 2 aromatic rings. The van der Waals surface area contributed by atoms with Gasteiger partial charge in [-0.05, 0) is 12.1 Å². The molecule has 4 heteroatoms. The molecule has 0 bridgehead atoms. The summed E-state index contributed by atoms with van der Waals surface area (Å²) in [6.45, 7) is 0. The van der Waals surface area contributed by atoms with Crippen LogP contribution in [0.2, 0.25) is 0 Å². The van der Waals surface area contributed by atoms with Crippen LogP contribution < -0.4 is 10.5 Å². The van der Waals surface area contributed by atoms with Gasteiger partial charge >= 0.3 is 0 Å².